The molecule has 0 spiro atoms. The molecule has 1 heterocycles. The molecule has 0 radical (unpaired) electrons. The maximum Gasteiger partial charge on any atom is 0.0907 e. The van der Waals surface area contributed by atoms with Gasteiger partial charge in [0.1, 0.15) is 0 Å². The van der Waals surface area contributed by atoms with E-state index in [1.165, 1.54) is 42.3 Å². The molecule has 0 unspecified atom stereocenters. The van der Waals surface area contributed by atoms with Crippen LogP contribution < -0.4 is 5.32 Å². The summed E-state index contributed by atoms with van der Waals surface area (Å²) >= 11 is 3.72. The lowest BCUT2D eigenvalue weighted by Gasteiger charge is -2.22. The first-order valence-electron chi connectivity index (χ1n) is 6.10. The summed E-state index contributed by atoms with van der Waals surface area (Å²) in [5, 5.41) is 7.74. The first-order chi connectivity index (χ1) is 7.74. The second-order valence-corrected chi connectivity index (χ2v) is 5.43. The molecule has 1 N–H and O–H groups in total. The van der Waals surface area contributed by atoms with Crippen LogP contribution in [-0.2, 0) is 13.6 Å². The van der Waals surface area contributed by atoms with E-state index in [0.717, 1.165) is 12.2 Å². The number of aryl methyl sites for hydroxylation is 1. The van der Waals surface area contributed by atoms with Crippen LogP contribution in [0, 0.1) is 0 Å². The van der Waals surface area contributed by atoms with Gasteiger partial charge in [0.05, 0.1) is 15.9 Å². The normalized spacial score (nSPS) is 17.9. The van der Waals surface area contributed by atoms with Crippen LogP contribution in [0.2, 0.25) is 0 Å². The van der Waals surface area contributed by atoms with Crippen molar-refractivity contribution in [3.05, 3.63) is 15.9 Å². The Kier molecular flexibility index (Phi) is 4.03. The molecule has 3 nitrogen and oxygen atoms in total. The van der Waals surface area contributed by atoms with Crippen molar-refractivity contribution in [3.63, 3.8) is 0 Å². The van der Waals surface area contributed by atoms with Crippen LogP contribution in [0.4, 0.5) is 0 Å². The highest BCUT2D eigenvalue weighted by Crippen LogP contribution is 2.37. The molecule has 1 saturated carbocycles. The van der Waals surface area contributed by atoms with Crippen LogP contribution in [0.15, 0.2) is 4.47 Å². The Balaban J connectivity index is 2.24. The molecule has 4 heteroatoms. The average molecular weight is 286 g/mol. The fraction of sp³-hybridized carbons (Fsp3) is 0.750. The number of halogens is 1. The van der Waals surface area contributed by atoms with Gasteiger partial charge in [0.25, 0.3) is 0 Å². The number of hydrogen-bond acceptors (Lipinski definition) is 2. The average Bonchev–Trinajstić information content (AvgIpc) is 2.56. The predicted octanol–water partition coefficient (Wildman–Crippen LogP) is 2.95. The van der Waals surface area contributed by atoms with Gasteiger partial charge in [0, 0.05) is 19.5 Å². The van der Waals surface area contributed by atoms with E-state index in [4.69, 9.17) is 0 Å². The molecule has 0 bridgehead atoms. The van der Waals surface area contributed by atoms with E-state index < -0.39 is 0 Å². The Morgan fingerprint density at radius 1 is 1.38 bits per heavy atom. The van der Waals surface area contributed by atoms with Gasteiger partial charge < -0.3 is 5.32 Å². The third-order valence-corrected chi connectivity index (χ3v) is 4.30. The van der Waals surface area contributed by atoms with Crippen molar-refractivity contribution < 1.29 is 0 Å². The summed E-state index contributed by atoms with van der Waals surface area (Å²) in [5.41, 5.74) is 2.52. The van der Waals surface area contributed by atoms with E-state index in [1.807, 2.05) is 7.05 Å². The minimum Gasteiger partial charge on any atom is -0.314 e. The summed E-state index contributed by atoms with van der Waals surface area (Å²) < 4.78 is 3.28. The number of nitrogens with one attached hydrogen (secondary N) is 1. The highest BCUT2D eigenvalue weighted by atomic mass is 79.9. The molecule has 0 atom stereocenters. The lowest BCUT2D eigenvalue weighted by Crippen LogP contribution is -2.09. The minimum absolute atomic E-state index is 0.700. The fourth-order valence-electron chi connectivity index (χ4n) is 2.67. The van der Waals surface area contributed by atoms with Gasteiger partial charge in [0.2, 0.25) is 0 Å². The Morgan fingerprint density at radius 2 is 2.06 bits per heavy atom. The van der Waals surface area contributed by atoms with Crippen molar-refractivity contribution in [3.8, 4) is 0 Å². The van der Waals surface area contributed by atoms with Gasteiger partial charge in [0.15, 0.2) is 0 Å². The number of nitrogens with zero attached hydrogens (tertiary/aromatic N) is 2. The lowest BCUT2D eigenvalue weighted by atomic mass is 9.87. The van der Waals surface area contributed by atoms with Crippen LogP contribution in [0.5, 0.6) is 0 Å². The van der Waals surface area contributed by atoms with Crippen LogP contribution in [0.1, 0.15) is 49.4 Å². The van der Waals surface area contributed by atoms with Gasteiger partial charge in [-0.3, -0.25) is 4.68 Å². The smallest absolute Gasteiger partial charge is 0.0907 e. The quantitative estimate of drug-likeness (QED) is 0.926. The summed E-state index contributed by atoms with van der Waals surface area (Å²) in [6.45, 7) is 0.834. The fourth-order valence-corrected chi connectivity index (χ4v) is 3.47. The summed E-state index contributed by atoms with van der Waals surface area (Å²) in [5.74, 6) is 0.700. The molecule has 0 amide bonds. The first kappa shape index (κ1) is 12.1. The maximum atomic E-state index is 4.58. The van der Waals surface area contributed by atoms with Gasteiger partial charge in [-0.15, -0.1) is 0 Å². The lowest BCUT2D eigenvalue weighted by molar-refractivity contribution is 0.423. The monoisotopic (exact) mass is 285 g/mol. The molecular weight excluding hydrogens is 266 g/mol. The highest BCUT2D eigenvalue weighted by molar-refractivity contribution is 9.10. The zero-order valence-corrected chi connectivity index (χ0v) is 11.7. The Morgan fingerprint density at radius 3 is 2.69 bits per heavy atom. The maximum absolute atomic E-state index is 4.58. The molecule has 16 heavy (non-hydrogen) atoms. The van der Waals surface area contributed by atoms with Gasteiger partial charge in [-0.2, -0.15) is 5.10 Å². The minimum atomic E-state index is 0.700. The van der Waals surface area contributed by atoms with Gasteiger partial charge in [-0.25, -0.2) is 0 Å². The van der Waals surface area contributed by atoms with Crippen LogP contribution in [0.25, 0.3) is 0 Å². The van der Waals surface area contributed by atoms with Crippen molar-refractivity contribution >= 4 is 15.9 Å². The third-order valence-electron chi connectivity index (χ3n) is 3.43. The summed E-state index contributed by atoms with van der Waals surface area (Å²) in [6, 6.07) is 0. The summed E-state index contributed by atoms with van der Waals surface area (Å²) in [6.07, 6.45) is 6.76. The van der Waals surface area contributed by atoms with Crippen molar-refractivity contribution in [2.24, 2.45) is 7.05 Å². The van der Waals surface area contributed by atoms with E-state index in [9.17, 15) is 0 Å². The molecule has 1 fully saturated rings. The molecule has 2 rings (SSSR count). The van der Waals surface area contributed by atoms with Crippen molar-refractivity contribution in [1.29, 1.82) is 0 Å². The van der Waals surface area contributed by atoms with Crippen molar-refractivity contribution in [2.45, 2.75) is 44.6 Å². The van der Waals surface area contributed by atoms with E-state index in [1.54, 1.807) is 0 Å². The molecule has 1 aliphatic carbocycles. The number of aromatic nitrogens is 2. The Bertz CT molecular complexity index is 353. The first-order valence-corrected chi connectivity index (χ1v) is 6.89. The molecule has 90 valence electrons. The van der Waals surface area contributed by atoms with Crippen LogP contribution in [-0.4, -0.2) is 16.8 Å². The zero-order valence-electron chi connectivity index (χ0n) is 10.1. The largest absolute Gasteiger partial charge is 0.314 e. The third kappa shape index (κ3) is 2.33. The molecule has 1 aromatic rings. The van der Waals surface area contributed by atoms with E-state index >= 15 is 0 Å². The molecule has 0 aliphatic heterocycles. The second kappa shape index (κ2) is 5.32. The summed E-state index contributed by atoms with van der Waals surface area (Å²) in [7, 11) is 4.02. The molecule has 0 aromatic carbocycles. The van der Waals surface area contributed by atoms with Gasteiger partial charge in [-0.05, 0) is 35.8 Å². The van der Waals surface area contributed by atoms with E-state index in [-0.39, 0.29) is 0 Å². The van der Waals surface area contributed by atoms with Crippen LogP contribution >= 0.6 is 15.9 Å². The predicted molar refractivity (Wildman–Crippen MR) is 69.5 cm³/mol. The number of hydrogen-bond donors (Lipinski definition) is 1. The zero-order chi connectivity index (χ0) is 11.5. The highest BCUT2D eigenvalue weighted by Gasteiger charge is 2.23. The standard InChI is InChI=1S/C12H20BrN3/c1-14-8-10-11(13)12(16(2)15-10)9-6-4-3-5-7-9/h9,14H,3-8H2,1-2H3. The molecule has 1 aromatic heterocycles. The van der Waals surface area contributed by atoms with Crippen molar-refractivity contribution in [1.82, 2.24) is 15.1 Å². The topological polar surface area (TPSA) is 29.9 Å². The molecule has 0 saturated heterocycles. The number of rotatable bonds is 3. The van der Waals surface area contributed by atoms with Crippen LogP contribution in [0.3, 0.4) is 0 Å². The SMILES string of the molecule is CNCc1nn(C)c(C2CCCCC2)c1Br. The van der Waals surface area contributed by atoms with Gasteiger partial charge in [-0.1, -0.05) is 19.3 Å². The van der Waals surface area contributed by atoms with E-state index in [0.29, 0.717) is 5.92 Å². The molecular formula is C12H20BrN3. The molecule has 1 aliphatic rings. The van der Waals surface area contributed by atoms with Crippen molar-refractivity contribution in [2.75, 3.05) is 7.05 Å². The Labute approximate surface area is 106 Å². The summed E-state index contributed by atoms with van der Waals surface area (Å²) in [4.78, 5) is 0. The second-order valence-electron chi connectivity index (χ2n) is 4.63. The van der Waals surface area contributed by atoms with E-state index in [2.05, 4.69) is 38.1 Å². The Hall–Kier alpha value is -0.350. The van der Waals surface area contributed by atoms with Gasteiger partial charge >= 0.3 is 0 Å².